The smallest absolute Gasteiger partial charge is 0.247 e. The molecule has 0 radical (unpaired) electrons. The van der Waals surface area contributed by atoms with Gasteiger partial charge in [0.2, 0.25) is 11.8 Å². The Morgan fingerprint density at radius 2 is 2.05 bits per heavy atom. The first-order valence-electron chi connectivity index (χ1n) is 6.27. The van der Waals surface area contributed by atoms with E-state index in [4.69, 9.17) is 0 Å². The molecule has 0 saturated carbocycles. The number of carbonyl (C=O) groups excluding carboxylic acids is 2. The lowest BCUT2D eigenvalue weighted by Crippen LogP contribution is -2.60. The zero-order valence-electron chi connectivity index (χ0n) is 11.2. The maximum atomic E-state index is 13.2. The van der Waals surface area contributed by atoms with E-state index < -0.39 is 6.04 Å². The molecule has 1 heterocycles. The van der Waals surface area contributed by atoms with Gasteiger partial charge in [0, 0.05) is 5.69 Å². The van der Waals surface area contributed by atoms with Gasteiger partial charge in [0.15, 0.2) is 0 Å². The van der Waals surface area contributed by atoms with Crippen LogP contribution in [-0.4, -0.2) is 24.4 Å². The van der Waals surface area contributed by atoms with Gasteiger partial charge in [-0.1, -0.05) is 13.8 Å². The molecule has 19 heavy (non-hydrogen) atoms. The molecule has 2 amide bonds. The molecule has 1 fully saturated rings. The van der Waals surface area contributed by atoms with Crippen LogP contribution in [-0.2, 0) is 9.59 Å². The number of piperazine rings is 1. The van der Waals surface area contributed by atoms with Gasteiger partial charge in [-0.05, 0) is 36.6 Å². The van der Waals surface area contributed by atoms with Gasteiger partial charge >= 0.3 is 0 Å². The standard InChI is InChI=1S/C14H17FN2O2/c1-8(2)13-14(19)16-7-12(18)17(13)11-5-4-10(15)6-9(11)3/h4-6,8,13H,7H2,1-3H3,(H,16,19). The Labute approximate surface area is 111 Å². The number of anilines is 1. The summed E-state index contributed by atoms with van der Waals surface area (Å²) in [6.07, 6.45) is 0. The first kappa shape index (κ1) is 13.5. The lowest BCUT2D eigenvalue weighted by Gasteiger charge is -2.37. The number of nitrogens with zero attached hydrogens (tertiary/aromatic N) is 1. The van der Waals surface area contributed by atoms with Crippen LogP contribution in [0.3, 0.4) is 0 Å². The van der Waals surface area contributed by atoms with Crippen LogP contribution in [0.25, 0.3) is 0 Å². The quantitative estimate of drug-likeness (QED) is 0.882. The van der Waals surface area contributed by atoms with Crippen LogP contribution in [0.1, 0.15) is 19.4 Å². The van der Waals surface area contributed by atoms with E-state index in [-0.39, 0.29) is 30.1 Å². The number of hydrogen-bond donors (Lipinski definition) is 1. The topological polar surface area (TPSA) is 49.4 Å². The molecule has 1 aliphatic rings. The molecule has 102 valence electrons. The molecule has 1 saturated heterocycles. The normalized spacial score (nSPS) is 19.8. The van der Waals surface area contributed by atoms with Crippen molar-refractivity contribution in [1.82, 2.24) is 5.32 Å². The van der Waals surface area contributed by atoms with Crippen molar-refractivity contribution >= 4 is 17.5 Å². The van der Waals surface area contributed by atoms with Crippen LogP contribution < -0.4 is 10.2 Å². The molecule has 0 aliphatic carbocycles. The average molecular weight is 264 g/mol. The summed E-state index contributed by atoms with van der Waals surface area (Å²) < 4.78 is 13.2. The summed E-state index contributed by atoms with van der Waals surface area (Å²) in [5.74, 6) is -0.712. The minimum Gasteiger partial charge on any atom is -0.345 e. The van der Waals surface area contributed by atoms with Gasteiger partial charge in [-0.15, -0.1) is 0 Å². The summed E-state index contributed by atoms with van der Waals surface area (Å²) in [7, 11) is 0. The van der Waals surface area contributed by atoms with E-state index in [1.807, 2.05) is 13.8 Å². The largest absolute Gasteiger partial charge is 0.345 e. The Balaban J connectivity index is 2.48. The van der Waals surface area contributed by atoms with Crippen LogP contribution in [0.15, 0.2) is 18.2 Å². The lowest BCUT2D eigenvalue weighted by molar-refractivity contribution is -0.131. The zero-order valence-corrected chi connectivity index (χ0v) is 11.2. The van der Waals surface area contributed by atoms with Crippen molar-refractivity contribution < 1.29 is 14.0 Å². The van der Waals surface area contributed by atoms with Gasteiger partial charge in [0.05, 0.1) is 6.54 Å². The third-order valence-corrected chi connectivity index (χ3v) is 3.28. The third kappa shape index (κ3) is 2.45. The van der Waals surface area contributed by atoms with Crippen LogP contribution >= 0.6 is 0 Å². The molecule has 1 atom stereocenters. The van der Waals surface area contributed by atoms with E-state index in [9.17, 15) is 14.0 Å². The fourth-order valence-corrected chi connectivity index (χ4v) is 2.40. The van der Waals surface area contributed by atoms with Crippen molar-refractivity contribution in [2.24, 2.45) is 5.92 Å². The Hall–Kier alpha value is -1.91. The number of nitrogens with one attached hydrogen (secondary N) is 1. The number of amides is 2. The fraction of sp³-hybridized carbons (Fsp3) is 0.429. The van der Waals surface area contributed by atoms with Crippen molar-refractivity contribution in [3.63, 3.8) is 0 Å². The van der Waals surface area contributed by atoms with Crippen molar-refractivity contribution in [2.75, 3.05) is 11.4 Å². The molecule has 0 spiro atoms. The molecule has 2 rings (SSSR count). The molecule has 1 unspecified atom stereocenters. The van der Waals surface area contributed by atoms with Gasteiger partial charge in [0.1, 0.15) is 11.9 Å². The van der Waals surface area contributed by atoms with Crippen LogP contribution in [0.5, 0.6) is 0 Å². The maximum absolute atomic E-state index is 13.2. The van der Waals surface area contributed by atoms with Gasteiger partial charge < -0.3 is 5.32 Å². The minimum atomic E-state index is -0.551. The molecule has 5 heteroatoms. The second-order valence-electron chi connectivity index (χ2n) is 5.10. The molecule has 1 aromatic carbocycles. The highest BCUT2D eigenvalue weighted by Gasteiger charge is 2.37. The summed E-state index contributed by atoms with van der Waals surface area (Å²) in [5.41, 5.74) is 1.24. The summed E-state index contributed by atoms with van der Waals surface area (Å²) in [6, 6.07) is 3.67. The summed E-state index contributed by atoms with van der Waals surface area (Å²) >= 11 is 0. The Morgan fingerprint density at radius 3 is 2.63 bits per heavy atom. The number of benzene rings is 1. The van der Waals surface area contributed by atoms with Crippen LogP contribution in [0, 0.1) is 18.7 Å². The highest BCUT2D eigenvalue weighted by Crippen LogP contribution is 2.27. The summed E-state index contributed by atoms with van der Waals surface area (Å²) in [5, 5.41) is 2.59. The Morgan fingerprint density at radius 1 is 1.37 bits per heavy atom. The number of aryl methyl sites for hydroxylation is 1. The lowest BCUT2D eigenvalue weighted by atomic mass is 9.97. The van der Waals surface area contributed by atoms with E-state index in [2.05, 4.69) is 5.32 Å². The number of rotatable bonds is 2. The Kier molecular flexibility index (Phi) is 3.55. The molecule has 1 aromatic rings. The molecule has 0 aromatic heterocycles. The number of hydrogen-bond acceptors (Lipinski definition) is 2. The first-order chi connectivity index (χ1) is 8.91. The maximum Gasteiger partial charge on any atom is 0.247 e. The number of halogens is 1. The van der Waals surface area contributed by atoms with E-state index in [0.29, 0.717) is 11.3 Å². The van der Waals surface area contributed by atoms with Gasteiger partial charge in [0.25, 0.3) is 0 Å². The Bertz CT molecular complexity index is 528. The van der Waals surface area contributed by atoms with Gasteiger partial charge in [-0.3, -0.25) is 14.5 Å². The SMILES string of the molecule is Cc1cc(F)ccc1N1C(=O)CNC(=O)C1C(C)C. The second-order valence-corrected chi connectivity index (χ2v) is 5.10. The van der Waals surface area contributed by atoms with E-state index in [0.717, 1.165) is 0 Å². The molecule has 1 aliphatic heterocycles. The van der Waals surface area contributed by atoms with Gasteiger partial charge in [-0.25, -0.2) is 4.39 Å². The highest BCUT2D eigenvalue weighted by atomic mass is 19.1. The molecule has 0 bridgehead atoms. The van der Waals surface area contributed by atoms with Crippen molar-refractivity contribution in [3.8, 4) is 0 Å². The van der Waals surface area contributed by atoms with E-state index >= 15 is 0 Å². The predicted molar refractivity (Wildman–Crippen MR) is 70.3 cm³/mol. The van der Waals surface area contributed by atoms with E-state index in [1.54, 1.807) is 13.0 Å². The van der Waals surface area contributed by atoms with Crippen molar-refractivity contribution in [3.05, 3.63) is 29.6 Å². The molecular weight excluding hydrogens is 247 g/mol. The number of carbonyl (C=O) groups is 2. The summed E-state index contributed by atoms with van der Waals surface area (Å²) in [4.78, 5) is 25.6. The summed E-state index contributed by atoms with van der Waals surface area (Å²) in [6.45, 7) is 5.48. The molecule has 4 nitrogen and oxygen atoms in total. The molecular formula is C14H17FN2O2. The van der Waals surface area contributed by atoms with Crippen LogP contribution in [0.4, 0.5) is 10.1 Å². The van der Waals surface area contributed by atoms with Crippen molar-refractivity contribution in [2.45, 2.75) is 26.8 Å². The highest BCUT2D eigenvalue weighted by molar-refractivity contribution is 6.07. The zero-order chi connectivity index (χ0) is 14.2. The minimum absolute atomic E-state index is 0.0150. The monoisotopic (exact) mass is 264 g/mol. The van der Waals surface area contributed by atoms with Crippen LogP contribution in [0.2, 0.25) is 0 Å². The first-order valence-corrected chi connectivity index (χ1v) is 6.27. The average Bonchev–Trinajstić information content (AvgIpc) is 2.32. The third-order valence-electron chi connectivity index (χ3n) is 3.28. The van der Waals surface area contributed by atoms with Crippen molar-refractivity contribution in [1.29, 1.82) is 0 Å². The predicted octanol–water partition coefficient (Wildman–Crippen LogP) is 1.62. The second kappa shape index (κ2) is 4.99. The molecule has 1 N–H and O–H groups in total. The van der Waals surface area contributed by atoms with E-state index in [1.165, 1.54) is 17.0 Å². The van der Waals surface area contributed by atoms with Gasteiger partial charge in [-0.2, -0.15) is 0 Å². The fourth-order valence-electron chi connectivity index (χ4n) is 2.40.